The van der Waals surface area contributed by atoms with Crippen molar-refractivity contribution in [2.45, 2.75) is 39.4 Å². The second-order valence-corrected chi connectivity index (χ2v) is 10.4. The largest absolute Gasteiger partial charge is 0.497 e. The lowest BCUT2D eigenvalue weighted by atomic mass is 10.0. The van der Waals surface area contributed by atoms with Crippen molar-refractivity contribution in [3.8, 4) is 5.75 Å². The summed E-state index contributed by atoms with van der Waals surface area (Å²) in [6.07, 6.45) is 0. The van der Waals surface area contributed by atoms with Gasteiger partial charge in [-0.05, 0) is 16.7 Å². The van der Waals surface area contributed by atoms with Gasteiger partial charge in [0.15, 0.2) is 0 Å². The van der Waals surface area contributed by atoms with E-state index < -0.39 is 8.07 Å². The van der Waals surface area contributed by atoms with Crippen LogP contribution < -0.4 is 9.92 Å². The molecule has 0 aliphatic heterocycles. The van der Waals surface area contributed by atoms with E-state index in [9.17, 15) is 0 Å². The summed E-state index contributed by atoms with van der Waals surface area (Å²) in [5.74, 6) is 1.64. The maximum Gasteiger partial charge on any atom is 0.121 e. The van der Waals surface area contributed by atoms with E-state index in [0.29, 0.717) is 5.92 Å². The Morgan fingerprint density at radius 2 is 1.73 bits per heavy atom. The van der Waals surface area contributed by atoms with E-state index in [1.54, 1.807) is 7.11 Å². The fourth-order valence-corrected chi connectivity index (χ4v) is 3.35. The SMILES string of the molecule is COc1c(C(C)C)cccc1[Si](C)(C)C. The van der Waals surface area contributed by atoms with Crippen molar-refractivity contribution in [2.24, 2.45) is 0 Å². The van der Waals surface area contributed by atoms with E-state index in [1.165, 1.54) is 10.8 Å². The van der Waals surface area contributed by atoms with E-state index in [-0.39, 0.29) is 0 Å². The monoisotopic (exact) mass is 222 g/mol. The first-order valence-corrected chi connectivity index (χ1v) is 9.05. The molecule has 1 rings (SSSR count). The first kappa shape index (κ1) is 12.3. The van der Waals surface area contributed by atoms with E-state index >= 15 is 0 Å². The van der Waals surface area contributed by atoms with Gasteiger partial charge in [0.05, 0.1) is 15.2 Å². The Kier molecular flexibility index (Phi) is 3.61. The molecule has 0 unspecified atom stereocenters. The third-order valence-electron chi connectivity index (χ3n) is 2.68. The van der Waals surface area contributed by atoms with Crippen LogP contribution >= 0.6 is 0 Å². The number of ether oxygens (including phenoxy) is 1. The molecule has 1 aromatic carbocycles. The Morgan fingerprint density at radius 1 is 1.13 bits per heavy atom. The lowest BCUT2D eigenvalue weighted by Gasteiger charge is -2.23. The zero-order valence-electron chi connectivity index (χ0n) is 10.7. The van der Waals surface area contributed by atoms with Crippen LogP contribution in [0.25, 0.3) is 0 Å². The van der Waals surface area contributed by atoms with Gasteiger partial charge in [-0.1, -0.05) is 51.7 Å². The molecule has 0 N–H and O–H groups in total. The van der Waals surface area contributed by atoms with Crippen LogP contribution in [0.2, 0.25) is 19.6 Å². The molecule has 0 amide bonds. The van der Waals surface area contributed by atoms with E-state index in [2.05, 4.69) is 51.7 Å². The Hall–Kier alpha value is -0.763. The van der Waals surface area contributed by atoms with Crippen molar-refractivity contribution in [1.29, 1.82) is 0 Å². The van der Waals surface area contributed by atoms with E-state index in [4.69, 9.17) is 4.74 Å². The van der Waals surface area contributed by atoms with E-state index in [1.807, 2.05) is 0 Å². The third kappa shape index (κ3) is 2.62. The molecule has 0 bridgehead atoms. The highest BCUT2D eigenvalue weighted by Crippen LogP contribution is 2.26. The van der Waals surface area contributed by atoms with Gasteiger partial charge in [-0.2, -0.15) is 0 Å². The molecule has 2 heteroatoms. The summed E-state index contributed by atoms with van der Waals surface area (Å²) < 4.78 is 5.60. The summed E-state index contributed by atoms with van der Waals surface area (Å²) in [6.45, 7) is 11.5. The van der Waals surface area contributed by atoms with Gasteiger partial charge in [-0.25, -0.2) is 0 Å². The number of rotatable bonds is 3. The second-order valence-electron chi connectivity index (χ2n) is 5.33. The number of para-hydroxylation sites is 1. The summed E-state index contributed by atoms with van der Waals surface area (Å²) in [5, 5.41) is 1.43. The number of hydrogen-bond acceptors (Lipinski definition) is 1. The van der Waals surface area contributed by atoms with Gasteiger partial charge in [-0.15, -0.1) is 0 Å². The van der Waals surface area contributed by atoms with Gasteiger partial charge >= 0.3 is 0 Å². The topological polar surface area (TPSA) is 9.23 Å². The number of hydrogen-bond donors (Lipinski definition) is 0. The standard InChI is InChI=1S/C13H22OSi/c1-10(2)11-8-7-9-12(13(11)14-3)15(4,5)6/h7-10H,1-6H3. The molecule has 0 aromatic heterocycles. The smallest absolute Gasteiger partial charge is 0.121 e. The van der Waals surface area contributed by atoms with Gasteiger partial charge in [0.25, 0.3) is 0 Å². The molecule has 0 saturated heterocycles. The predicted octanol–water partition coefficient (Wildman–Crippen LogP) is 3.36. The van der Waals surface area contributed by atoms with Gasteiger partial charge in [0.1, 0.15) is 5.75 Å². The molecular formula is C13H22OSi. The molecule has 0 radical (unpaired) electrons. The molecule has 0 spiro atoms. The summed E-state index contributed by atoms with van der Waals surface area (Å²) in [7, 11) is 0.481. The van der Waals surface area contributed by atoms with Crippen LogP contribution in [0.1, 0.15) is 25.3 Å². The number of methoxy groups -OCH3 is 1. The molecule has 0 fully saturated rings. The quantitative estimate of drug-likeness (QED) is 0.713. The minimum Gasteiger partial charge on any atom is -0.497 e. The molecule has 0 atom stereocenters. The summed E-state index contributed by atoms with van der Waals surface area (Å²) in [4.78, 5) is 0. The zero-order valence-corrected chi connectivity index (χ0v) is 11.7. The lowest BCUT2D eigenvalue weighted by Crippen LogP contribution is -2.39. The van der Waals surface area contributed by atoms with Crippen molar-refractivity contribution in [3.63, 3.8) is 0 Å². The molecule has 1 nitrogen and oxygen atoms in total. The van der Waals surface area contributed by atoms with Crippen molar-refractivity contribution in [1.82, 2.24) is 0 Å². The molecule has 15 heavy (non-hydrogen) atoms. The molecule has 1 aromatic rings. The highest BCUT2D eigenvalue weighted by molar-refractivity contribution is 6.89. The van der Waals surface area contributed by atoms with Crippen LogP contribution in [-0.4, -0.2) is 15.2 Å². The Balaban J connectivity index is 3.35. The molecule has 0 aliphatic carbocycles. The second kappa shape index (κ2) is 4.39. The Morgan fingerprint density at radius 3 is 2.13 bits per heavy atom. The van der Waals surface area contributed by atoms with Gasteiger partial charge in [-0.3, -0.25) is 0 Å². The predicted molar refractivity (Wildman–Crippen MR) is 70.1 cm³/mol. The van der Waals surface area contributed by atoms with Crippen LogP contribution in [0.4, 0.5) is 0 Å². The summed E-state index contributed by atoms with van der Waals surface area (Å²) in [6, 6.07) is 6.55. The maximum absolute atomic E-state index is 5.60. The van der Waals surface area contributed by atoms with E-state index in [0.717, 1.165) is 5.75 Å². The molecule has 84 valence electrons. The van der Waals surface area contributed by atoms with Crippen LogP contribution in [0.5, 0.6) is 5.75 Å². The average molecular weight is 222 g/mol. The normalized spacial score (nSPS) is 11.9. The summed E-state index contributed by atoms with van der Waals surface area (Å²) in [5.41, 5.74) is 1.33. The van der Waals surface area contributed by atoms with Crippen molar-refractivity contribution in [3.05, 3.63) is 23.8 Å². The van der Waals surface area contributed by atoms with Crippen molar-refractivity contribution in [2.75, 3.05) is 7.11 Å². The van der Waals surface area contributed by atoms with Gasteiger partial charge in [0.2, 0.25) is 0 Å². The first-order chi connectivity index (χ1) is 6.88. The van der Waals surface area contributed by atoms with Crippen molar-refractivity contribution >= 4 is 13.3 Å². The highest BCUT2D eigenvalue weighted by atomic mass is 28.3. The van der Waals surface area contributed by atoms with Crippen LogP contribution in [0, 0.1) is 0 Å². The Bertz CT molecular complexity index is 337. The molecule has 0 heterocycles. The minimum atomic E-state index is -1.30. The fraction of sp³-hybridized carbons (Fsp3) is 0.538. The zero-order chi connectivity index (χ0) is 11.6. The van der Waals surface area contributed by atoms with Crippen LogP contribution in [0.3, 0.4) is 0 Å². The molecular weight excluding hydrogens is 200 g/mol. The summed E-state index contributed by atoms with van der Waals surface area (Å²) >= 11 is 0. The molecule has 0 aliphatic rings. The van der Waals surface area contributed by atoms with Gasteiger partial charge < -0.3 is 4.74 Å². The van der Waals surface area contributed by atoms with Crippen LogP contribution in [-0.2, 0) is 0 Å². The highest BCUT2D eigenvalue weighted by Gasteiger charge is 2.23. The van der Waals surface area contributed by atoms with Crippen LogP contribution in [0.15, 0.2) is 18.2 Å². The third-order valence-corrected chi connectivity index (χ3v) is 4.69. The van der Waals surface area contributed by atoms with Gasteiger partial charge in [0, 0.05) is 0 Å². The molecule has 0 saturated carbocycles. The number of benzene rings is 1. The van der Waals surface area contributed by atoms with Crippen molar-refractivity contribution < 1.29 is 4.74 Å². The first-order valence-electron chi connectivity index (χ1n) is 5.55. The maximum atomic E-state index is 5.60. The minimum absolute atomic E-state index is 0.524. The average Bonchev–Trinajstić information content (AvgIpc) is 2.15. The fourth-order valence-electron chi connectivity index (χ4n) is 1.83. The Labute approximate surface area is 94.5 Å². The lowest BCUT2D eigenvalue weighted by molar-refractivity contribution is 0.410.